The lowest BCUT2D eigenvalue weighted by Gasteiger charge is -2.26. The molecule has 1 heterocycles. The third kappa shape index (κ3) is 3.13. The molecule has 1 aromatic heterocycles. The summed E-state index contributed by atoms with van der Waals surface area (Å²) in [6, 6.07) is 7.80. The number of carbonyl (C=O) groups excluding carboxylic acids is 1. The SMILES string of the molecule is COc1ccccc1C1(C(=O)N[C@H](Cn2cncn2)C(C)C)CC1. The van der Waals surface area contributed by atoms with Gasteiger partial charge >= 0.3 is 0 Å². The zero-order valence-electron chi connectivity index (χ0n) is 14.4. The van der Waals surface area contributed by atoms with Crippen molar-refractivity contribution in [1.29, 1.82) is 0 Å². The van der Waals surface area contributed by atoms with E-state index in [-0.39, 0.29) is 11.9 Å². The predicted molar refractivity (Wildman–Crippen MR) is 90.7 cm³/mol. The summed E-state index contributed by atoms with van der Waals surface area (Å²) < 4.78 is 7.21. The van der Waals surface area contributed by atoms with E-state index < -0.39 is 5.41 Å². The van der Waals surface area contributed by atoms with Crippen LogP contribution in [0.4, 0.5) is 0 Å². The number of nitrogens with zero attached hydrogens (tertiary/aromatic N) is 3. The van der Waals surface area contributed by atoms with Crippen molar-refractivity contribution >= 4 is 5.91 Å². The first kappa shape index (κ1) is 16.5. The Balaban J connectivity index is 1.77. The second kappa shape index (κ2) is 6.63. The highest BCUT2D eigenvalue weighted by molar-refractivity contribution is 5.92. The molecule has 24 heavy (non-hydrogen) atoms. The van der Waals surface area contributed by atoms with Crippen molar-refractivity contribution in [3.8, 4) is 5.75 Å². The number of hydrogen-bond donors (Lipinski definition) is 1. The van der Waals surface area contributed by atoms with Crippen LogP contribution in [0.25, 0.3) is 0 Å². The molecular formula is C18H24N4O2. The standard InChI is InChI=1S/C18H24N4O2/c1-13(2)15(10-22-12-19-11-20-22)21-17(23)18(8-9-18)14-6-4-5-7-16(14)24-3/h4-7,11-13,15H,8-10H2,1-3H3,(H,21,23)/t15-/m1/s1. The van der Waals surface area contributed by atoms with Gasteiger partial charge in [-0.2, -0.15) is 5.10 Å². The van der Waals surface area contributed by atoms with Gasteiger partial charge in [0.25, 0.3) is 0 Å². The number of carbonyl (C=O) groups is 1. The lowest BCUT2D eigenvalue weighted by Crippen LogP contribution is -2.46. The molecule has 0 bridgehead atoms. The molecule has 0 aliphatic heterocycles. The van der Waals surface area contributed by atoms with Crippen LogP contribution in [0.15, 0.2) is 36.9 Å². The molecule has 1 aliphatic rings. The molecule has 1 aliphatic carbocycles. The third-order valence-electron chi connectivity index (χ3n) is 4.78. The minimum atomic E-state index is -0.456. The summed E-state index contributed by atoms with van der Waals surface area (Å²) in [5.41, 5.74) is 0.524. The molecule has 1 fully saturated rings. The van der Waals surface area contributed by atoms with Gasteiger partial charge in [0.05, 0.1) is 25.1 Å². The Morgan fingerprint density at radius 1 is 1.38 bits per heavy atom. The van der Waals surface area contributed by atoms with Gasteiger partial charge in [-0.3, -0.25) is 9.48 Å². The van der Waals surface area contributed by atoms with Crippen molar-refractivity contribution in [2.75, 3.05) is 7.11 Å². The van der Waals surface area contributed by atoms with Crippen LogP contribution in [-0.4, -0.2) is 33.8 Å². The Morgan fingerprint density at radius 2 is 2.12 bits per heavy atom. The van der Waals surface area contributed by atoms with Gasteiger partial charge in [0.1, 0.15) is 18.4 Å². The monoisotopic (exact) mass is 328 g/mol. The van der Waals surface area contributed by atoms with E-state index in [2.05, 4.69) is 29.2 Å². The van der Waals surface area contributed by atoms with E-state index in [0.29, 0.717) is 12.5 Å². The second-order valence-electron chi connectivity index (χ2n) is 6.72. The largest absolute Gasteiger partial charge is 0.496 e. The highest BCUT2D eigenvalue weighted by atomic mass is 16.5. The predicted octanol–water partition coefficient (Wildman–Crippen LogP) is 2.16. The number of methoxy groups -OCH3 is 1. The summed E-state index contributed by atoms with van der Waals surface area (Å²) in [5.74, 6) is 1.15. The zero-order valence-corrected chi connectivity index (χ0v) is 14.4. The van der Waals surface area contributed by atoms with E-state index in [1.165, 1.54) is 6.33 Å². The number of para-hydroxylation sites is 1. The van der Waals surface area contributed by atoms with E-state index >= 15 is 0 Å². The van der Waals surface area contributed by atoms with Crippen molar-refractivity contribution in [2.45, 2.75) is 44.7 Å². The van der Waals surface area contributed by atoms with Crippen LogP contribution >= 0.6 is 0 Å². The van der Waals surface area contributed by atoms with Crippen LogP contribution in [0.5, 0.6) is 5.75 Å². The van der Waals surface area contributed by atoms with E-state index in [1.54, 1.807) is 18.1 Å². The maximum absolute atomic E-state index is 13.0. The van der Waals surface area contributed by atoms with Gasteiger partial charge in [0.15, 0.2) is 0 Å². The first-order chi connectivity index (χ1) is 11.6. The molecule has 128 valence electrons. The van der Waals surface area contributed by atoms with Gasteiger partial charge in [-0.15, -0.1) is 0 Å². The molecule has 6 nitrogen and oxygen atoms in total. The summed E-state index contributed by atoms with van der Waals surface area (Å²) in [4.78, 5) is 17.0. The van der Waals surface area contributed by atoms with Crippen LogP contribution in [0, 0.1) is 5.92 Å². The Morgan fingerprint density at radius 3 is 2.71 bits per heavy atom. The summed E-state index contributed by atoms with van der Waals surface area (Å²) >= 11 is 0. The number of nitrogens with one attached hydrogen (secondary N) is 1. The second-order valence-corrected chi connectivity index (χ2v) is 6.72. The number of rotatable bonds is 7. The fraction of sp³-hybridized carbons (Fsp3) is 0.500. The highest BCUT2D eigenvalue weighted by Crippen LogP contribution is 2.51. The van der Waals surface area contributed by atoms with Crippen LogP contribution in [0.2, 0.25) is 0 Å². The summed E-state index contributed by atoms with van der Waals surface area (Å²) in [6.45, 7) is 4.82. The average molecular weight is 328 g/mol. The molecule has 0 radical (unpaired) electrons. The molecule has 0 saturated heterocycles. The Labute approximate surface area is 142 Å². The molecular weight excluding hydrogens is 304 g/mol. The number of amides is 1. The van der Waals surface area contributed by atoms with Gasteiger partial charge in [0.2, 0.25) is 5.91 Å². The Bertz CT molecular complexity index is 693. The van der Waals surface area contributed by atoms with Gasteiger partial charge < -0.3 is 10.1 Å². The van der Waals surface area contributed by atoms with Crippen LogP contribution in [0.3, 0.4) is 0 Å². The quantitative estimate of drug-likeness (QED) is 0.845. The molecule has 1 amide bonds. The lowest BCUT2D eigenvalue weighted by atomic mass is 9.92. The average Bonchev–Trinajstić information content (AvgIpc) is 3.24. The van der Waals surface area contributed by atoms with Gasteiger partial charge in [-0.1, -0.05) is 32.0 Å². The molecule has 0 spiro atoms. The van der Waals surface area contributed by atoms with Gasteiger partial charge in [-0.05, 0) is 24.8 Å². The molecule has 1 N–H and O–H groups in total. The van der Waals surface area contributed by atoms with Crippen molar-refractivity contribution < 1.29 is 9.53 Å². The van der Waals surface area contributed by atoms with E-state index in [4.69, 9.17) is 4.74 Å². The van der Waals surface area contributed by atoms with Crippen molar-refractivity contribution in [1.82, 2.24) is 20.1 Å². The van der Waals surface area contributed by atoms with Crippen LogP contribution < -0.4 is 10.1 Å². The molecule has 1 atom stereocenters. The first-order valence-electron chi connectivity index (χ1n) is 8.33. The number of aromatic nitrogens is 3. The zero-order chi connectivity index (χ0) is 17.2. The van der Waals surface area contributed by atoms with E-state index in [0.717, 1.165) is 24.2 Å². The normalized spacial score (nSPS) is 16.7. The topological polar surface area (TPSA) is 69.0 Å². The van der Waals surface area contributed by atoms with Crippen LogP contribution in [-0.2, 0) is 16.8 Å². The lowest BCUT2D eigenvalue weighted by molar-refractivity contribution is -0.124. The van der Waals surface area contributed by atoms with Gasteiger partial charge in [-0.25, -0.2) is 4.98 Å². The van der Waals surface area contributed by atoms with Crippen molar-refractivity contribution in [3.63, 3.8) is 0 Å². The molecule has 3 rings (SSSR count). The smallest absolute Gasteiger partial charge is 0.231 e. The Kier molecular flexibility index (Phi) is 4.55. The number of benzene rings is 1. The molecule has 0 unspecified atom stereocenters. The molecule has 6 heteroatoms. The van der Waals surface area contributed by atoms with Gasteiger partial charge in [0, 0.05) is 5.56 Å². The van der Waals surface area contributed by atoms with E-state index in [9.17, 15) is 4.79 Å². The highest BCUT2D eigenvalue weighted by Gasteiger charge is 2.53. The summed E-state index contributed by atoms with van der Waals surface area (Å²) in [7, 11) is 1.65. The number of ether oxygens (including phenoxy) is 1. The molecule has 1 saturated carbocycles. The first-order valence-corrected chi connectivity index (χ1v) is 8.33. The van der Waals surface area contributed by atoms with E-state index in [1.807, 2.05) is 24.3 Å². The maximum Gasteiger partial charge on any atom is 0.231 e. The fourth-order valence-electron chi connectivity index (χ4n) is 3.04. The minimum absolute atomic E-state index is 0.00591. The fourth-order valence-corrected chi connectivity index (χ4v) is 3.04. The molecule has 1 aromatic carbocycles. The summed E-state index contributed by atoms with van der Waals surface area (Å²) in [5, 5.41) is 7.37. The third-order valence-corrected chi connectivity index (χ3v) is 4.78. The van der Waals surface area contributed by atoms with Crippen LogP contribution in [0.1, 0.15) is 32.3 Å². The Hall–Kier alpha value is -2.37. The summed E-state index contributed by atoms with van der Waals surface area (Å²) in [6.07, 6.45) is 4.89. The molecule has 2 aromatic rings. The van der Waals surface area contributed by atoms with Crippen molar-refractivity contribution in [3.05, 3.63) is 42.5 Å². The van der Waals surface area contributed by atoms with Crippen molar-refractivity contribution in [2.24, 2.45) is 5.92 Å². The maximum atomic E-state index is 13.0. The number of hydrogen-bond acceptors (Lipinski definition) is 4. The minimum Gasteiger partial charge on any atom is -0.496 e.